The topological polar surface area (TPSA) is 54.8 Å². The maximum absolute atomic E-state index is 3.94. The Labute approximate surface area is 114 Å². The molecule has 0 radical (unpaired) electrons. The summed E-state index contributed by atoms with van der Waals surface area (Å²) in [7, 11) is 1.91. The fourth-order valence-electron chi connectivity index (χ4n) is 1.99. The van der Waals surface area contributed by atoms with E-state index in [1.165, 1.54) is 5.69 Å². The number of hydrogen-bond acceptors (Lipinski definition) is 4. The van der Waals surface area contributed by atoms with Gasteiger partial charge in [0, 0.05) is 25.3 Å². The van der Waals surface area contributed by atoms with Crippen LogP contribution in [0.4, 0.5) is 5.69 Å². The maximum Gasteiger partial charge on any atom is 0.0750 e. The molecule has 0 aliphatic rings. The molecule has 0 saturated heterocycles. The largest absolute Gasteiger partial charge is 0.385 e. The van der Waals surface area contributed by atoms with Crippen LogP contribution in [0, 0.1) is 0 Å². The van der Waals surface area contributed by atoms with Gasteiger partial charge >= 0.3 is 0 Å². The summed E-state index contributed by atoms with van der Waals surface area (Å²) in [6.07, 6.45) is 2.88. The monoisotopic (exact) mass is 259 g/mol. The minimum Gasteiger partial charge on any atom is -0.385 e. The average Bonchev–Trinajstić information content (AvgIpc) is 2.86. The third-order valence-corrected chi connectivity index (χ3v) is 3.10. The molecule has 1 aromatic carbocycles. The van der Waals surface area contributed by atoms with Crippen LogP contribution in [0.1, 0.15) is 25.1 Å². The second-order valence-corrected chi connectivity index (χ2v) is 4.60. The molecule has 1 aromatic heterocycles. The molecule has 1 unspecified atom stereocenters. The third kappa shape index (κ3) is 4.06. The van der Waals surface area contributed by atoms with Crippen molar-refractivity contribution in [3.8, 4) is 0 Å². The summed E-state index contributed by atoms with van der Waals surface area (Å²) in [5.41, 5.74) is 2.28. The van der Waals surface area contributed by atoms with Crippen molar-refractivity contribution < 1.29 is 0 Å². The minimum absolute atomic E-state index is 0.275. The first kappa shape index (κ1) is 13.5. The highest BCUT2D eigenvalue weighted by atomic mass is 15.4. The van der Waals surface area contributed by atoms with E-state index < -0.39 is 0 Å². The lowest BCUT2D eigenvalue weighted by Gasteiger charge is -2.13. The maximum atomic E-state index is 3.94. The van der Waals surface area contributed by atoms with Gasteiger partial charge in [-0.1, -0.05) is 23.4 Å². The number of hydrogen-bond donors (Lipinski definition) is 2. The van der Waals surface area contributed by atoms with Crippen LogP contribution in [0.15, 0.2) is 36.5 Å². The number of anilines is 1. The van der Waals surface area contributed by atoms with Gasteiger partial charge in [0.1, 0.15) is 0 Å². The van der Waals surface area contributed by atoms with Gasteiger partial charge in [0.15, 0.2) is 0 Å². The van der Waals surface area contributed by atoms with E-state index in [0.717, 1.165) is 25.2 Å². The number of benzene rings is 1. The third-order valence-electron chi connectivity index (χ3n) is 3.10. The number of para-hydroxylation sites is 1. The summed E-state index contributed by atoms with van der Waals surface area (Å²) in [5.74, 6) is 0. The number of aromatic nitrogens is 3. The van der Waals surface area contributed by atoms with Crippen molar-refractivity contribution in [3.63, 3.8) is 0 Å². The second-order valence-electron chi connectivity index (χ2n) is 4.60. The Morgan fingerprint density at radius 2 is 2.00 bits per heavy atom. The fraction of sp³-hybridized carbons (Fsp3) is 0.429. The summed E-state index contributed by atoms with van der Waals surface area (Å²) in [6.45, 7) is 4.06. The van der Waals surface area contributed by atoms with Gasteiger partial charge in [0.05, 0.1) is 11.9 Å². The van der Waals surface area contributed by atoms with Gasteiger partial charge in [0.25, 0.3) is 0 Å². The van der Waals surface area contributed by atoms with E-state index in [-0.39, 0.29) is 6.04 Å². The average molecular weight is 259 g/mol. The molecule has 1 heterocycles. The van der Waals surface area contributed by atoms with Gasteiger partial charge in [-0.2, -0.15) is 0 Å². The molecule has 0 spiro atoms. The highest BCUT2D eigenvalue weighted by molar-refractivity contribution is 5.42. The predicted octanol–water partition coefficient (Wildman–Crippen LogP) is 1.97. The summed E-state index contributed by atoms with van der Waals surface area (Å²) < 4.78 is 1.81. The highest BCUT2D eigenvalue weighted by Crippen LogP contribution is 2.08. The van der Waals surface area contributed by atoms with Crippen molar-refractivity contribution in [1.82, 2.24) is 20.3 Å². The molecule has 102 valence electrons. The molecule has 0 fully saturated rings. The van der Waals surface area contributed by atoms with Crippen LogP contribution in [0.5, 0.6) is 0 Å². The molecular formula is C14H21N5. The van der Waals surface area contributed by atoms with Crippen molar-refractivity contribution in [1.29, 1.82) is 0 Å². The molecule has 5 nitrogen and oxygen atoms in total. The molecule has 0 saturated carbocycles. The molecule has 0 aliphatic carbocycles. The van der Waals surface area contributed by atoms with Crippen molar-refractivity contribution >= 4 is 5.69 Å². The minimum atomic E-state index is 0.275. The molecule has 19 heavy (non-hydrogen) atoms. The predicted molar refractivity (Wildman–Crippen MR) is 77.0 cm³/mol. The second kappa shape index (κ2) is 6.89. The van der Waals surface area contributed by atoms with Crippen LogP contribution in [0.2, 0.25) is 0 Å². The molecule has 2 aromatic rings. The van der Waals surface area contributed by atoms with Crippen molar-refractivity contribution in [3.05, 3.63) is 42.2 Å². The molecule has 2 N–H and O–H groups in total. The Morgan fingerprint density at radius 1 is 1.21 bits per heavy atom. The standard InChI is InChI=1S/C14H21N5/c1-12(14-11-17-18-19(14)2)15-9-6-10-16-13-7-4-3-5-8-13/h3-5,7-8,11-12,15-16H,6,9-10H2,1-2H3. The fourth-order valence-corrected chi connectivity index (χ4v) is 1.99. The summed E-state index contributed by atoms with van der Waals surface area (Å²) >= 11 is 0. The first-order chi connectivity index (χ1) is 9.27. The van der Waals surface area contributed by atoms with Crippen molar-refractivity contribution in [2.24, 2.45) is 7.05 Å². The lowest BCUT2D eigenvalue weighted by atomic mass is 10.2. The highest BCUT2D eigenvalue weighted by Gasteiger charge is 2.08. The van der Waals surface area contributed by atoms with Crippen LogP contribution in [0.25, 0.3) is 0 Å². The number of nitrogens with zero attached hydrogens (tertiary/aromatic N) is 3. The van der Waals surface area contributed by atoms with E-state index >= 15 is 0 Å². The number of rotatable bonds is 7. The first-order valence-electron chi connectivity index (χ1n) is 6.64. The Kier molecular flexibility index (Phi) is 4.92. The van der Waals surface area contributed by atoms with E-state index in [4.69, 9.17) is 0 Å². The van der Waals surface area contributed by atoms with Crippen LogP contribution in [-0.2, 0) is 7.05 Å². The Bertz CT molecular complexity index is 480. The normalized spacial score (nSPS) is 12.3. The van der Waals surface area contributed by atoms with Crippen LogP contribution in [-0.4, -0.2) is 28.1 Å². The summed E-state index contributed by atoms with van der Waals surface area (Å²) in [4.78, 5) is 0. The van der Waals surface area contributed by atoms with Crippen molar-refractivity contribution in [2.45, 2.75) is 19.4 Å². The SMILES string of the molecule is CC(NCCCNc1ccccc1)c1cnnn1C. The first-order valence-corrected chi connectivity index (χ1v) is 6.64. The van der Waals surface area contributed by atoms with Gasteiger partial charge in [0.2, 0.25) is 0 Å². The molecule has 0 bridgehead atoms. The van der Waals surface area contributed by atoms with Crippen LogP contribution >= 0.6 is 0 Å². The molecule has 0 aliphatic heterocycles. The van der Waals surface area contributed by atoms with E-state index in [9.17, 15) is 0 Å². The summed E-state index contributed by atoms with van der Waals surface area (Å²) in [6, 6.07) is 10.5. The summed E-state index contributed by atoms with van der Waals surface area (Å²) in [5, 5.41) is 14.7. The van der Waals surface area contributed by atoms with Crippen LogP contribution in [0.3, 0.4) is 0 Å². The van der Waals surface area contributed by atoms with E-state index in [0.29, 0.717) is 0 Å². The van der Waals surface area contributed by atoms with E-state index in [2.05, 4.69) is 40.0 Å². The molecule has 2 rings (SSSR count). The smallest absolute Gasteiger partial charge is 0.0750 e. The Balaban J connectivity index is 1.63. The molecule has 5 heteroatoms. The van der Waals surface area contributed by atoms with Gasteiger partial charge < -0.3 is 10.6 Å². The van der Waals surface area contributed by atoms with E-state index in [1.54, 1.807) is 10.9 Å². The molecule has 0 amide bonds. The Morgan fingerprint density at radius 3 is 2.68 bits per heavy atom. The van der Waals surface area contributed by atoms with E-state index in [1.807, 2.05) is 25.2 Å². The number of nitrogens with one attached hydrogen (secondary N) is 2. The van der Waals surface area contributed by atoms with Crippen molar-refractivity contribution in [2.75, 3.05) is 18.4 Å². The van der Waals surface area contributed by atoms with Gasteiger partial charge in [-0.05, 0) is 32.0 Å². The Hall–Kier alpha value is -1.88. The quantitative estimate of drug-likeness (QED) is 0.746. The van der Waals surface area contributed by atoms with Gasteiger partial charge in [-0.15, -0.1) is 5.10 Å². The zero-order valence-corrected chi connectivity index (χ0v) is 11.5. The van der Waals surface area contributed by atoms with Crippen LogP contribution < -0.4 is 10.6 Å². The molecule has 1 atom stereocenters. The lowest BCUT2D eigenvalue weighted by Crippen LogP contribution is -2.23. The number of aryl methyl sites for hydroxylation is 1. The zero-order valence-electron chi connectivity index (χ0n) is 11.5. The van der Waals surface area contributed by atoms with Gasteiger partial charge in [-0.25, -0.2) is 0 Å². The van der Waals surface area contributed by atoms with Gasteiger partial charge in [-0.3, -0.25) is 4.68 Å². The zero-order chi connectivity index (χ0) is 13.5. The molecular weight excluding hydrogens is 238 g/mol. The lowest BCUT2D eigenvalue weighted by molar-refractivity contribution is 0.523.